The van der Waals surface area contributed by atoms with Gasteiger partial charge in [-0.15, -0.1) is 10.2 Å². The summed E-state index contributed by atoms with van der Waals surface area (Å²) in [6.07, 6.45) is 0.861. The van der Waals surface area contributed by atoms with Crippen LogP contribution in [0.4, 0.5) is 0 Å². The summed E-state index contributed by atoms with van der Waals surface area (Å²) in [6, 6.07) is 19.2. The van der Waals surface area contributed by atoms with Crippen LogP contribution in [0.5, 0.6) is 0 Å². The molecule has 0 saturated carbocycles. The summed E-state index contributed by atoms with van der Waals surface area (Å²) in [5.74, 6) is 1.84. The van der Waals surface area contributed by atoms with Crippen molar-refractivity contribution in [3.63, 3.8) is 0 Å². The Balaban J connectivity index is 1.39. The average Bonchev–Trinajstić information content (AvgIpc) is 3.09. The Morgan fingerprint density at radius 3 is 2.35 bits per heavy atom. The van der Waals surface area contributed by atoms with Crippen molar-refractivity contribution in [1.29, 1.82) is 0 Å². The van der Waals surface area contributed by atoms with E-state index in [2.05, 4.69) is 73.5 Å². The summed E-state index contributed by atoms with van der Waals surface area (Å²) >= 11 is 0. The molecule has 1 N–H and O–H groups in total. The number of benzene rings is 2. The Bertz CT molecular complexity index is 1010. The third-order valence-corrected chi connectivity index (χ3v) is 5.89. The first-order valence-corrected chi connectivity index (χ1v) is 11.1. The van der Waals surface area contributed by atoms with Crippen LogP contribution in [0.2, 0.25) is 0 Å². The van der Waals surface area contributed by atoms with Gasteiger partial charge in [0.1, 0.15) is 5.82 Å². The van der Waals surface area contributed by atoms with Gasteiger partial charge in [-0.1, -0.05) is 68.4 Å². The molecule has 1 aliphatic heterocycles. The molecule has 1 aliphatic rings. The minimum atomic E-state index is -0.145. The summed E-state index contributed by atoms with van der Waals surface area (Å²) in [7, 11) is 0. The highest BCUT2D eigenvalue weighted by atomic mass is 16.1. The highest BCUT2D eigenvalue weighted by Gasteiger charge is 2.23. The number of hydrogen-bond acceptors (Lipinski definition) is 4. The van der Waals surface area contributed by atoms with E-state index in [0.29, 0.717) is 0 Å². The van der Waals surface area contributed by atoms with E-state index in [1.165, 1.54) is 16.7 Å². The van der Waals surface area contributed by atoms with E-state index < -0.39 is 0 Å². The largest absolute Gasteiger partial charge is 0.346 e. The third-order valence-electron chi connectivity index (χ3n) is 5.89. The summed E-state index contributed by atoms with van der Waals surface area (Å²) in [4.78, 5) is 14.5. The first kappa shape index (κ1) is 21.2. The topological polar surface area (TPSA) is 63.1 Å². The second-order valence-corrected chi connectivity index (χ2v) is 8.60. The molecule has 3 aromatic rings. The van der Waals surface area contributed by atoms with Crippen molar-refractivity contribution in [3.05, 3.63) is 71.8 Å². The molecule has 1 aromatic heterocycles. The van der Waals surface area contributed by atoms with Crippen LogP contribution in [0.25, 0.3) is 11.1 Å². The molecule has 2 heterocycles. The average molecular weight is 418 g/mol. The lowest BCUT2D eigenvalue weighted by Gasteiger charge is -2.20. The molecule has 0 spiro atoms. The van der Waals surface area contributed by atoms with Crippen LogP contribution < -0.4 is 5.32 Å². The van der Waals surface area contributed by atoms with Crippen LogP contribution in [-0.2, 0) is 24.3 Å². The van der Waals surface area contributed by atoms with Crippen molar-refractivity contribution >= 4 is 5.91 Å². The molecular weight excluding hydrogens is 386 g/mol. The Morgan fingerprint density at radius 1 is 0.935 bits per heavy atom. The van der Waals surface area contributed by atoms with Crippen LogP contribution >= 0.6 is 0 Å². The maximum Gasteiger partial charge on any atom is 0.223 e. The van der Waals surface area contributed by atoms with E-state index in [0.717, 1.165) is 44.2 Å². The lowest BCUT2D eigenvalue weighted by molar-refractivity contribution is -0.124. The van der Waals surface area contributed by atoms with Gasteiger partial charge < -0.3 is 9.88 Å². The number of hydrogen-bond donors (Lipinski definition) is 1. The maximum absolute atomic E-state index is 12.1. The number of carbonyl (C=O) groups excluding carboxylic acids is 1. The summed E-state index contributed by atoms with van der Waals surface area (Å²) in [5.41, 5.74) is 3.80. The molecule has 6 heteroatoms. The Morgan fingerprint density at radius 2 is 1.65 bits per heavy atom. The quantitative estimate of drug-likeness (QED) is 0.662. The molecule has 2 aromatic carbocycles. The van der Waals surface area contributed by atoms with Crippen LogP contribution in [0, 0.1) is 5.92 Å². The van der Waals surface area contributed by atoms with E-state index >= 15 is 0 Å². The number of fused-ring (bicyclic) bond motifs is 1. The highest BCUT2D eigenvalue weighted by molar-refractivity contribution is 5.78. The maximum atomic E-state index is 12.1. The van der Waals surface area contributed by atoms with Gasteiger partial charge in [0, 0.05) is 38.5 Å². The van der Waals surface area contributed by atoms with Crippen LogP contribution in [0.3, 0.4) is 0 Å². The monoisotopic (exact) mass is 417 g/mol. The van der Waals surface area contributed by atoms with Crippen molar-refractivity contribution < 1.29 is 4.79 Å². The summed E-state index contributed by atoms with van der Waals surface area (Å²) in [6.45, 7) is 9.42. The standard InChI is InChI=1S/C25H31N5O/c1-18(2)25(31)26-19(3)24-28-27-23-13-14-29(15-16-30(23)24)17-20-9-11-22(12-10-20)21-7-5-4-6-8-21/h4-12,18-19H,13-17H2,1-3H3,(H,26,31). The number of rotatable bonds is 6. The minimum absolute atomic E-state index is 0.0408. The molecule has 0 radical (unpaired) electrons. The lowest BCUT2D eigenvalue weighted by atomic mass is 10.0. The van der Waals surface area contributed by atoms with Gasteiger partial charge in [-0.2, -0.15) is 0 Å². The van der Waals surface area contributed by atoms with Gasteiger partial charge in [0.05, 0.1) is 6.04 Å². The number of nitrogens with zero attached hydrogens (tertiary/aromatic N) is 4. The molecule has 0 bridgehead atoms. The van der Waals surface area contributed by atoms with Crippen molar-refractivity contribution in [3.8, 4) is 11.1 Å². The SMILES string of the molecule is CC(C)C(=O)NC(C)c1nnc2n1CCN(Cc1ccc(-c3ccccc3)cc1)CC2. The predicted molar refractivity (Wildman–Crippen MR) is 122 cm³/mol. The fourth-order valence-corrected chi connectivity index (χ4v) is 4.00. The minimum Gasteiger partial charge on any atom is -0.346 e. The Hall–Kier alpha value is -2.99. The van der Waals surface area contributed by atoms with Crippen LogP contribution in [-0.4, -0.2) is 38.7 Å². The third kappa shape index (κ3) is 5.02. The van der Waals surface area contributed by atoms with Gasteiger partial charge in [0.25, 0.3) is 0 Å². The van der Waals surface area contributed by atoms with E-state index in [9.17, 15) is 4.79 Å². The fraction of sp³-hybridized carbons (Fsp3) is 0.400. The van der Waals surface area contributed by atoms with Crippen molar-refractivity contribution in [2.45, 2.75) is 46.3 Å². The van der Waals surface area contributed by atoms with E-state index in [-0.39, 0.29) is 17.9 Å². The first-order valence-electron chi connectivity index (χ1n) is 11.1. The molecule has 0 aliphatic carbocycles. The molecule has 1 unspecified atom stereocenters. The van der Waals surface area contributed by atoms with Gasteiger partial charge in [0.15, 0.2) is 5.82 Å². The van der Waals surface area contributed by atoms with E-state index in [1.54, 1.807) is 0 Å². The number of carbonyl (C=O) groups is 1. The van der Waals surface area contributed by atoms with Crippen molar-refractivity contribution in [1.82, 2.24) is 25.0 Å². The highest BCUT2D eigenvalue weighted by Crippen LogP contribution is 2.21. The zero-order valence-electron chi connectivity index (χ0n) is 18.6. The zero-order chi connectivity index (χ0) is 21.8. The fourth-order valence-electron chi connectivity index (χ4n) is 4.00. The molecular formula is C25H31N5O. The van der Waals surface area contributed by atoms with Gasteiger partial charge in [0.2, 0.25) is 5.91 Å². The molecule has 4 rings (SSSR count). The molecule has 162 valence electrons. The number of nitrogens with one attached hydrogen (secondary N) is 1. The van der Waals surface area contributed by atoms with Crippen LogP contribution in [0.1, 0.15) is 44.0 Å². The molecule has 6 nitrogen and oxygen atoms in total. The van der Waals surface area contributed by atoms with Crippen molar-refractivity contribution in [2.24, 2.45) is 5.92 Å². The number of amides is 1. The second-order valence-electron chi connectivity index (χ2n) is 8.60. The lowest BCUT2D eigenvalue weighted by Crippen LogP contribution is -2.32. The second kappa shape index (κ2) is 9.43. The van der Waals surface area contributed by atoms with Gasteiger partial charge in [-0.25, -0.2) is 0 Å². The molecule has 1 amide bonds. The van der Waals surface area contributed by atoms with E-state index in [1.807, 2.05) is 26.8 Å². The normalized spacial score (nSPS) is 15.4. The van der Waals surface area contributed by atoms with Gasteiger partial charge in [-0.3, -0.25) is 9.69 Å². The summed E-state index contributed by atoms with van der Waals surface area (Å²) in [5, 5.41) is 11.8. The van der Waals surface area contributed by atoms with E-state index in [4.69, 9.17) is 0 Å². The summed E-state index contributed by atoms with van der Waals surface area (Å²) < 4.78 is 2.18. The predicted octanol–water partition coefficient (Wildman–Crippen LogP) is 3.84. The Kier molecular flexibility index (Phi) is 6.47. The molecule has 0 saturated heterocycles. The van der Waals surface area contributed by atoms with Crippen molar-refractivity contribution in [2.75, 3.05) is 13.1 Å². The Labute approximate surface area is 184 Å². The van der Waals surface area contributed by atoms with Gasteiger partial charge >= 0.3 is 0 Å². The first-order chi connectivity index (χ1) is 15.0. The molecule has 31 heavy (non-hydrogen) atoms. The molecule has 0 fully saturated rings. The van der Waals surface area contributed by atoms with Crippen LogP contribution in [0.15, 0.2) is 54.6 Å². The zero-order valence-corrected chi connectivity index (χ0v) is 18.6. The molecule has 1 atom stereocenters. The van der Waals surface area contributed by atoms with Gasteiger partial charge in [-0.05, 0) is 23.6 Å². The smallest absolute Gasteiger partial charge is 0.223 e. The number of aromatic nitrogens is 3.